The number of nitrogens with zero attached hydrogens (tertiary/aromatic N) is 6. The van der Waals surface area contributed by atoms with Crippen molar-refractivity contribution in [3.8, 4) is 89.8 Å². The first-order valence-corrected chi connectivity index (χ1v) is 50.2. The first-order chi connectivity index (χ1) is 72.9. The van der Waals surface area contributed by atoms with Crippen molar-refractivity contribution in [2.24, 2.45) is 0 Å². The number of aromatic nitrogens is 6. The lowest BCUT2D eigenvalue weighted by Gasteiger charge is -2.14. The smallest absolute Gasteiger partial charge is 0.159 e. The number of rotatable bonds is 11. The van der Waals surface area contributed by atoms with E-state index in [1.54, 1.807) is 0 Å². The van der Waals surface area contributed by atoms with Gasteiger partial charge in [-0.15, -0.1) is 0 Å². The van der Waals surface area contributed by atoms with Crippen molar-refractivity contribution in [2.75, 3.05) is 0 Å². The molecule has 0 spiro atoms. The Morgan fingerprint density at radius 1 is 0.122 bits per heavy atom. The van der Waals surface area contributed by atoms with E-state index in [1.807, 2.05) is 36.4 Å². The van der Waals surface area contributed by atoms with Crippen molar-refractivity contribution in [1.82, 2.24) is 27.4 Å². The van der Waals surface area contributed by atoms with Crippen LogP contribution in [0, 0.1) is 0 Å². The molecule has 0 aliphatic rings. The van der Waals surface area contributed by atoms with Gasteiger partial charge < -0.3 is 40.7 Å². The number of fused-ring (bicyclic) bond motifs is 27. The van der Waals surface area contributed by atoms with Gasteiger partial charge in [-0.3, -0.25) is 0 Å². The van der Waals surface area contributed by atoms with Crippen LogP contribution in [0.5, 0.6) is 0 Å². The zero-order valence-electron chi connectivity index (χ0n) is 79.6. The van der Waals surface area contributed by atoms with Gasteiger partial charge in [0.1, 0.15) is 27.9 Å². The van der Waals surface area contributed by atoms with Crippen molar-refractivity contribution in [1.29, 1.82) is 0 Å². The van der Waals surface area contributed by atoms with Crippen molar-refractivity contribution in [3.63, 3.8) is 0 Å². The standard InChI is InChI=1S/2C48H30N2O.C42H26N2O/c1-2-13-31(14-3-1)34-15-4-8-20-41(34)49-42-21-9-5-16-35(42)39-29-32(25-27-44(39)49)33-26-28-45-40(30-33)36-17-6-10-22-43(36)50(45)46-23-12-19-38-37-18-7-11-24-47(37)51-48(38)46;1-2-11-31(12-3-1)32-21-25-35(26-22-32)49-41-16-7-4-13-36(41)39-29-33(23-27-43(39)49)34-24-28-44-40(30-34)37-14-5-8-17-42(37)50(44)45-18-10-20-47-48(45)38-15-6-9-19-46(38)51-47;1-2-11-29(12-3-1)43-35-16-7-4-13-30(35)33-25-27(21-23-37(33)43)28-22-24-38-34(26-28)31-14-5-8-17-36(31)44(38)39-18-10-20-41-42(39)32-15-6-9-19-40(32)45-41/h2*1-30H;1-26H. The van der Waals surface area contributed by atoms with E-state index in [2.05, 4.69) is 513 Å². The fourth-order valence-electron chi connectivity index (χ4n) is 23.8. The van der Waals surface area contributed by atoms with Crippen molar-refractivity contribution in [2.45, 2.75) is 0 Å². The SMILES string of the molecule is c1ccc(-c2ccc(-n3c4ccccc4c4cc(-c5ccc6c(c5)c5ccccc5n6-c5cccc6oc7ccccc7c56)ccc43)cc2)cc1.c1ccc(-c2ccccc2-n2c3ccccc3c3cc(-c4ccc5c(c4)c4ccccc4n5-c4cccc5c4oc4ccccc45)ccc32)cc1.c1ccc(-n2c3ccccc3c3cc(-c4ccc5c(c4)c4ccccc4n5-c4cccc5oc6ccccc6c45)ccc32)cc1. The number of furan rings is 3. The van der Waals surface area contributed by atoms with Crippen LogP contribution in [-0.2, 0) is 0 Å². The summed E-state index contributed by atoms with van der Waals surface area (Å²) < 4.78 is 33.4. The Morgan fingerprint density at radius 2 is 0.367 bits per heavy atom. The van der Waals surface area contributed by atoms with Gasteiger partial charge in [-0.1, -0.05) is 334 Å². The molecule has 0 N–H and O–H groups in total. The molecule has 0 atom stereocenters. The molecule has 0 bridgehead atoms. The molecule has 0 aliphatic carbocycles. The average molecular weight is 1880 g/mol. The lowest BCUT2D eigenvalue weighted by molar-refractivity contribution is 0.666. The third-order valence-electron chi connectivity index (χ3n) is 30.4. The van der Waals surface area contributed by atoms with Crippen molar-refractivity contribution in [3.05, 3.63) is 522 Å². The molecule has 0 amide bonds. The van der Waals surface area contributed by atoms with Gasteiger partial charge in [-0.25, -0.2) is 0 Å². The highest BCUT2D eigenvalue weighted by molar-refractivity contribution is 6.21. The van der Waals surface area contributed by atoms with E-state index in [9.17, 15) is 0 Å². The molecular formula is C138H86N6O3. The van der Waals surface area contributed by atoms with E-state index in [1.165, 1.54) is 187 Å². The molecule has 0 fully saturated rings. The molecule has 32 rings (SSSR count). The Kier molecular flexibility index (Phi) is 18.9. The third kappa shape index (κ3) is 13.2. The Balaban J connectivity index is 0.000000102. The Hall–Kier alpha value is -19.7. The molecule has 147 heavy (non-hydrogen) atoms. The van der Waals surface area contributed by atoms with Crippen LogP contribution in [0.4, 0.5) is 0 Å². The second-order valence-electron chi connectivity index (χ2n) is 38.4. The molecule has 9 heteroatoms. The Bertz CT molecular complexity index is 11000. The highest BCUT2D eigenvalue weighted by Crippen LogP contribution is 2.49. The van der Waals surface area contributed by atoms with Gasteiger partial charge in [0, 0.05) is 103 Å². The van der Waals surface area contributed by atoms with Crippen LogP contribution in [0.15, 0.2) is 535 Å². The summed E-state index contributed by atoms with van der Waals surface area (Å²) in [6.07, 6.45) is 0. The van der Waals surface area contributed by atoms with Crippen molar-refractivity contribution < 1.29 is 13.3 Å². The zero-order valence-corrected chi connectivity index (χ0v) is 79.6. The third-order valence-corrected chi connectivity index (χ3v) is 30.4. The molecule has 0 saturated heterocycles. The molecular weight excluding hydrogens is 1790 g/mol. The van der Waals surface area contributed by atoms with Crippen LogP contribution in [0.2, 0.25) is 0 Å². The van der Waals surface area contributed by atoms with Gasteiger partial charge in [-0.2, -0.15) is 0 Å². The predicted octanol–water partition coefficient (Wildman–Crippen LogP) is 37.7. The average Bonchev–Trinajstić information content (AvgIpc) is 1.41. The van der Waals surface area contributed by atoms with Gasteiger partial charge in [0.25, 0.3) is 0 Å². The molecule has 9 heterocycles. The lowest BCUT2D eigenvalue weighted by Crippen LogP contribution is -1.97. The number of hydrogen-bond acceptors (Lipinski definition) is 3. The summed E-state index contributed by atoms with van der Waals surface area (Å²) in [6, 6.07) is 188. The maximum absolute atomic E-state index is 6.52. The summed E-state index contributed by atoms with van der Waals surface area (Å²) >= 11 is 0. The van der Waals surface area contributed by atoms with Crippen molar-refractivity contribution >= 4 is 197 Å². The molecule has 9 nitrogen and oxygen atoms in total. The van der Waals surface area contributed by atoms with E-state index in [4.69, 9.17) is 13.3 Å². The van der Waals surface area contributed by atoms with Gasteiger partial charge in [0.05, 0.1) is 99.7 Å². The molecule has 0 radical (unpaired) electrons. The summed E-state index contributed by atoms with van der Waals surface area (Å²) in [6.45, 7) is 0. The fourth-order valence-corrected chi connectivity index (χ4v) is 23.8. The summed E-state index contributed by atoms with van der Waals surface area (Å²) in [5.74, 6) is 0. The Morgan fingerprint density at radius 3 is 0.769 bits per heavy atom. The largest absolute Gasteiger partial charge is 0.456 e. The summed E-state index contributed by atoms with van der Waals surface area (Å²) in [7, 11) is 0. The topological polar surface area (TPSA) is 69.0 Å². The monoisotopic (exact) mass is 1870 g/mol. The van der Waals surface area contributed by atoms with Gasteiger partial charge in [0.2, 0.25) is 0 Å². The molecule has 32 aromatic rings. The van der Waals surface area contributed by atoms with E-state index in [0.717, 1.165) is 99.6 Å². The molecule has 23 aromatic carbocycles. The Labute approximate surface area is 842 Å². The summed E-state index contributed by atoms with van der Waals surface area (Å²) in [5, 5.41) is 21.7. The highest BCUT2D eigenvalue weighted by atomic mass is 16.3. The fraction of sp³-hybridized carbons (Fsp3) is 0. The minimum atomic E-state index is 0.899. The minimum absolute atomic E-state index is 0.899. The van der Waals surface area contributed by atoms with Crippen LogP contribution in [-0.4, -0.2) is 27.4 Å². The first-order valence-electron chi connectivity index (χ1n) is 50.2. The molecule has 9 aromatic heterocycles. The van der Waals surface area contributed by atoms with Gasteiger partial charge in [-0.05, 0) is 238 Å². The van der Waals surface area contributed by atoms with Crippen LogP contribution in [0.1, 0.15) is 0 Å². The highest BCUT2D eigenvalue weighted by Gasteiger charge is 2.27. The summed E-state index contributed by atoms with van der Waals surface area (Å²) in [4.78, 5) is 0. The zero-order chi connectivity index (χ0) is 96.4. The second kappa shape index (κ2) is 33.5. The van der Waals surface area contributed by atoms with Gasteiger partial charge in [0.15, 0.2) is 5.58 Å². The quantitative estimate of drug-likeness (QED) is 0.130. The van der Waals surface area contributed by atoms with Crippen LogP contribution in [0.25, 0.3) is 286 Å². The molecule has 0 saturated carbocycles. The number of hydrogen-bond donors (Lipinski definition) is 0. The van der Waals surface area contributed by atoms with Crippen LogP contribution < -0.4 is 0 Å². The maximum Gasteiger partial charge on any atom is 0.159 e. The van der Waals surface area contributed by atoms with E-state index in [-0.39, 0.29) is 0 Å². The normalized spacial score (nSPS) is 11.9. The van der Waals surface area contributed by atoms with Crippen LogP contribution >= 0.6 is 0 Å². The maximum atomic E-state index is 6.52. The summed E-state index contributed by atoms with van der Waals surface area (Å²) in [5.41, 5.74) is 38.6. The first kappa shape index (κ1) is 83.1. The lowest BCUT2D eigenvalue weighted by atomic mass is 10.0. The second-order valence-corrected chi connectivity index (χ2v) is 38.4. The van der Waals surface area contributed by atoms with E-state index < -0.39 is 0 Å². The minimum Gasteiger partial charge on any atom is -0.456 e. The number of benzene rings is 23. The molecule has 0 aliphatic heterocycles. The predicted molar refractivity (Wildman–Crippen MR) is 614 cm³/mol. The van der Waals surface area contributed by atoms with E-state index in [0.29, 0.717) is 0 Å². The van der Waals surface area contributed by atoms with Crippen LogP contribution in [0.3, 0.4) is 0 Å². The number of para-hydroxylation sites is 12. The molecule has 686 valence electrons. The molecule has 0 unspecified atom stereocenters. The van der Waals surface area contributed by atoms with E-state index >= 15 is 0 Å². The van der Waals surface area contributed by atoms with Gasteiger partial charge >= 0.3 is 0 Å².